The number of halogens is 6. The molecule has 0 aliphatic rings. The van der Waals surface area contributed by atoms with E-state index in [0.717, 1.165) is 16.0 Å². The van der Waals surface area contributed by atoms with Crippen LogP contribution in [0.2, 0.25) is 0 Å². The Morgan fingerprint density at radius 2 is 1.43 bits per heavy atom. The van der Waals surface area contributed by atoms with E-state index in [-0.39, 0.29) is 12.6 Å². The summed E-state index contributed by atoms with van der Waals surface area (Å²) in [5, 5.41) is 7.40. The van der Waals surface area contributed by atoms with Crippen LogP contribution in [0.5, 0.6) is 0 Å². The van der Waals surface area contributed by atoms with E-state index in [2.05, 4.69) is 10.4 Å². The summed E-state index contributed by atoms with van der Waals surface area (Å²) < 4.78 is 81.7. The largest absolute Gasteiger partial charge is 0.416 e. The Kier molecular flexibility index (Phi) is 8.46. The highest BCUT2D eigenvalue weighted by Gasteiger charge is 2.38. The van der Waals surface area contributed by atoms with Crippen molar-refractivity contribution in [2.75, 3.05) is 18.4 Å². The molecule has 2 amide bonds. The highest BCUT2D eigenvalue weighted by atomic mass is 19.4. The summed E-state index contributed by atoms with van der Waals surface area (Å²) in [6.07, 6.45) is -10.2. The molecule has 0 saturated carbocycles. The van der Waals surface area contributed by atoms with Crippen LogP contribution in [0.4, 0.5) is 32.2 Å². The third-order valence-corrected chi connectivity index (χ3v) is 6.56. The number of aromatic nitrogens is 2. The molecular formula is C30H26F6N4O2. The fourth-order valence-electron chi connectivity index (χ4n) is 4.50. The maximum absolute atomic E-state index is 13.4. The van der Waals surface area contributed by atoms with E-state index in [1.165, 1.54) is 6.92 Å². The van der Waals surface area contributed by atoms with Gasteiger partial charge in [0, 0.05) is 17.7 Å². The van der Waals surface area contributed by atoms with Gasteiger partial charge in [0.25, 0.3) is 5.91 Å². The predicted octanol–water partition coefficient (Wildman–Crippen LogP) is 7.29. The summed E-state index contributed by atoms with van der Waals surface area (Å²) in [6, 6.07) is 17.1. The first-order valence-electron chi connectivity index (χ1n) is 12.8. The average molecular weight is 589 g/mol. The number of hydrogen-bond acceptors (Lipinski definition) is 3. The maximum atomic E-state index is 13.4. The van der Waals surface area contributed by atoms with Gasteiger partial charge in [0.1, 0.15) is 12.4 Å². The Morgan fingerprint density at radius 3 is 1.98 bits per heavy atom. The monoisotopic (exact) mass is 588 g/mol. The van der Waals surface area contributed by atoms with Crippen molar-refractivity contribution in [1.82, 2.24) is 14.7 Å². The van der Waals surface area contributed by atoms with Crippen LogP contribution in [0.3, 0.4) is 0 Å². The van der Waals surface area contributed by atoms with E-state index < -0.39 is 47.4 Å². The topological polar surface area (TPSA) is 67.2 Å². The van der Waals surface area contributed by atoms with Crippen molar-refractivity contribution < 1.29 is 35.9 Å². The molecule has 4 aromatic rings. The van der Waals surface area contributed by atoms with E-state index in [9.17, 15) is 35.9 Å². The third-order valence-electron chi connectivity index (χ3n) is 6.56. The van der Waals surface area contributed by atoms with Crippen LogP contribution in [0.15, 0.2) is 72.8 Å². The SMILES string of the molecule is CCN(CC(=O)Nc1c(-c2ccccc2)c(C)nn1-c1ccccc1C)C(=O)c1cc(C(F)(F)F)cc(C(F)(F)F)c1. The van der Waals surface area contributed by atoms with Crippen molar-refractivity contribution in [1.29, 1.82) is 0 Å². The number of nitrogens with one attached hydrogen (secondary N) is 1. The first kappa shape index (κ1) is 30.4. The lowest BCUT2D eigenvalue weighted by Crippen LogP contribution is -2.38. The summed E-state index contributed by atoms with van der Waals surface area (Å²) >= 11 is 0. The number of benzene rings is 3. The second-order valence-corrected chi connectivity index (χ2v) is 9.54. The molecule has 0 spiro atoms. The van der Waals surface area contributed by atoms with E-state index in [4.69, 9.17) is 0 Å². The third kappa shape index (κ3) is 6.48. The standard InChI is InChI=1S/C30H26F6N4O2/c1-4-39(28(42)21-14-22(29(31,32)33)16-23(15-21)30(34,35)36)17-25(41)37-27-26(20-11-6-5-7-12-20)19(3)38-40(27)24-13-9-8-10-18(24)2/h5-16H,4,17H2,1-3H3,(H,37,41). The lowest BCUT2D eigenvalue weighted by molar-refractivity contribution is -0.143. The minimum atomic E-state index is -5.12. The molecule has 220 valence electrons. The Labute approximate surface area is 237 Å². The van der Waals surface area contributed by atoms with Crippen molar-refractivity contribution in [3.05, 3.63) is 101 Å². The molecule has 0 aliphatic heterocycles. The summed E-state index contributed by atoms with van der Waals surface area (Å²) in [6.45, 7) is 4.29. The number of anilines is 1. The van der Waals surface area contributed by atoms with Crippen molar-refractivity contribution in [2.45, 2.75) is 33.1 Å². The lowest BCUT2D eigenvalue weighted by atomic mass is 10.0. The van der Waals surface area contributed by atoms with E-state index in [1.54, 1.807) is 23.7 Å². The van der Waals surface area contributed by atoms with Gasteiger partial charge in [-0.3, -0.25) is 9.59 Å². The van der Waals surface area contributed by atoms with Crippen LogP contribution in [0.25, 0.3) is 16.8 Å². The molecule has 0 radical (unpaired) electrons. The van der Waals surface area contributed by atoms with Gasteiger partial charge in [-0.1, -0.05) is 48.5 Å². The van der Waals surface area contributed by atoms with Gasteiger partial charge in [-0.05, 0) is 56.2 Å². The van der Waals surface area contributed by atoms with E-state index in [1.807, 2.05) is 49.4 Å². The molecule has 42 heavy (non-hydrogen) atoms. The molecule has 0 saturated heterocycles. The lowest BCUT2D eigenvalue weighted by Gasteiger charge is -2.22. The highest BCUT2D eigenvalue weighted by molar-refractivity contribution is 6.01. The van der Waals surface area contributed by atoms with Gasteiger partial charge in [0.2, 0.25) is 5.91 Å². The number of likely N-dealkylation sites (N-methyl/N-ethyl adjacent to an activating group) is 1. The van der Waals surface area contributed by atoms with Crippen LogP contribution in [-0.4, -0.2) is 39.6 Å². The Hall–Kier alpha value is -4.61. The number of carbonyl (C=O) groups is 2. The summed E-state index contributed by atoms with van der Waals surface area (Å²) in [5.74, 6) is -1.59. The summed E-state index contributed by atoms with van der Waals surface area (Å²) in [7, 11) is 0. The zero-order valence-corrected chi connectivity index (χ0v) is 22.8. The van der Waals surface area contributed by atoms with Gasteiger partial charge < -0.3 is 10.2 Å². The predicted molar refractivity (Wildman–Crippen MR) is 145 cm³/mol. The number of amides is 2. The normalized spacial score (nSPS) is 11.8. The van der Waals surface area contributed by atoms with Crippen molar-refractivity contribution in [3.8, 4) is 16.8 Å². The molecule has 0 bridgehead atoms. The smallest absolute Gasteiger partial charge is 0.330 e. The molecule has 12 heteroatoms. The second-order valence-electron chi connectivity index (χ2n) is 9.54. The maximum Gasteiger partial charge on any atom is 0.416 e. The molecule has 1 aromatic heterocycles. The Balaban J connectivity index is 1.70. The van der Waals surface area contributed by atoms with Crippen LogP contribution in [0.1, 0.15) is 39.7 Å². The first-order valence-corrected chi connectivity index (χ1v) is 12.8. The molecule has 1 N–H and O–H groups in total. The minimum Gasteiger partial charge on any atom is -0.330 e. The first-order chi connectivity index (χ1) is 19.7. The van der Waals surface area contributed by atoms with Crippen LogP contribution < -0.4 is 5.32 Å². The molecule has 6 nitrogen and oxygen atoms in total. The van der Waals surface area contributed by atoms with Gasteiger partial charge in [-0.25, -0.2) is 4.68 Å². The highest BCUT2D eigenvalue weighted by Crippen LogP contribution is 2.37. The van der Waals surface area contributed by atoms with Crippen molar-refractivity contribution in [3.63, 3.8) is 0 Å². The summed E-state index contributed by atoms with van der Waals surface area (Å²) in [5.41, 5.74) is -0.607. The fraction of sp³-hybridized carbons (Fsp3) is 0.233. The summed E-state index contributed by atoms with van der Waals surface area (Å²) in [4.78, 5) is 27.3. The quantitative estimate of drug-likeness (QED) is 0.231. The molecule has 4 rings (SSSR count). The van der Waals surface area contributed by atoms with Gasteiger partial charge >= 0.3 is 12.4 Å². The minimum absolute atomic E-state index is 0.0556. The molecule has 0 unspecified atom stereocenters. The number of aryl methyl sites for hydroxylation is 2. The Bertz CT molecular complexity index is 1580. The molecule has 0 atom stereocenters. The number of carbonyl (C=O) groups excluding carboxylic acids is 2. The zero-order chi connectivity index (χ0) is 30.8. The second kappa shape index (κ2) is 11.7. The van der Waals surface area contributed by atoms with Gasteiger partial charge in [0.15, 0.2) is 0 Å². The van der Waals surface area contributed by atoms with Gasteiger partial charge in [-0.15, -0.1) is 0 Å². The average Bonchev–Trinajstić information content (AvgIpc) is 3.25. The number of hydrogen-bond donors (Lipinski definition) is 1. The number of alkyl halides is 6. The molecule has 1 heterocycles. The number of para-hydroxylation sites is 1. The Morgan fingerprint density at radius 1 is 0.857 bits per heavy atom. The molecule has 0 aliphatic carbocycles. The molecular weight excluding hydrogens is 562 g/mol. The number of rotatable bonds is 7. The van der Waals surface area contributed by atoms with Crippen molar-refractivity contribution in [2.24, 2.45) is 0 Å². The number of nitrogens with zero attached hydrogens (tertiary/aromatic N) is 3. The molecule has 0 fully saturated rings. The van der Waals surface area contributed by atoms with E-state index >= 15 is 0 Å². The van der Waals surface area contributed by atoms with Crippen LogP contribution in [0, 0.1) is 13.8 Å². The molecule has 3 aromatic carbocycles. The van der Waals surface area contributed by atoms with Gasteiger partial charge in [0.05, 0.1) is 22.5 Å². The van der Waals surface area contributed by atoms with Crippen LogP contribution >= 0.6 is 0 Å². The van der Waals surface area contributed by atoms with Crippen molar-refractivity contribution >= 4 is 17.6 Å². The zero-order valence-electron chi connectivity index (χ0n) is 22.8. The van der Waals surface area contributed by atoms with Gasteiger partial charge in [-0.2, -0.15) is 31.4 Å². The van der Waals surface area contributed by atoms with Crippen LogP contribution in [-0.2, 0) is 17.1 Å². The van der Waals surface area contributed by atoms with E-state index in [0.29, 0.717) is 34.9 Å². The fourth-order valence-corrected chi connectivity index (χ4v) is 4.50.